The molecule has 6 heteroatoms. The van der Waals surface area contributed by atoms with Crippen molar-refractivity contribution < 1.29 is 14.6 Å². The van der Waals surface area contributed by atoms with Gasteiger partial charge in [-0.15, -0.1) is 0 Å². The number of nitrogens with zero attached hydrogens (tertiary/aromatic N) is 2. The van der Waals surface area contributed by atoms with Gasteiger partial charge in [-0.25, -0.2) is 4.68 Å². The van der Waals surface area contributed by atoms with Crippen molar-refractivity contribution >= 4 is 11.7 Å². The monoisotopic (exact) mass is 269 g/mol. The zero-order valence-electron chi connectivity index (χ0n) is 12.1. The Hall–Kier alpha value is -1.40. The minimum absolute atomic E-state index is 0.0195. The fraction of sp³-hybridized carbons (Fsp3) is 0.692. The maximum atomic E-state index is 11.6. The molecule has 1 aromatic rings. The van der Waals surface area contributed by atoms with Crippen LogP contribution >= 0.6 is 0 Å². The number of aliphatic hydroxyl groups excluding tert-OH is 1. The summed E-state index contributed by atoms with van der Waals surface area (Å²) in [5.41, 5.74) is 0.757. The molecule has 6 nitrogen and oxygen atoms in total. The van der Waals surface area contributed by atoms with Crippen molar-refractivity contribution in [2.45, 2.75) is 39.7 Å². The summed E-state index contributed by atoms with van der Waals surface area (Å²) < 4.78 is 6.65. The Labute approximate surface area is 113 Å². The molecule has 0 aliphatic rings. The summed E-state index contributed by atoms with van der Waals surface area (Å²) in [5, 5.41) is 16.2. The maximum Gasteiger partial charge on any atom is 0.251 e. The lowest BCUT2D eigenvalue weighted by molar-refractivity contribution is -0.120. The molecule has 0 radical (unpaired) electrons. The summed E-state index contributed by atoms with van der Waals surface area (Å²) in [5.74, 6) is 0.366. The maximum absolute atomic E-state index is 11.6. The van der Waals surface area contributed by atoms with Crippen molar-refractivity contribution in [1.82, 2.24) is 9.78 Å². The van der Waals surface area contributed by atoms with E-state index in [1.807, 2.05) is 33.8 Å². The van der Waals surface area contributed by atoms with Gasteiger partial charge >= 0.3 is 0 Å². The van der Waals surface area contributed by atoms with Crippen LogP contribution in [0, 0.1) is 0 Å². The summed E-state index contributed by atoms with van der Waals surface area (Å²) in [7, 11) is 0. The number of amides is 1. The van der Waals surface area contributed by atoms with Crippen molar-refractivity contribution in [2.24, 2.45) is 0 Å². The summed E-state index contributed by atoms with van der Waals surface area (Å²) >= 11 is 0. The Kier molecular flexibility index (Phi) is 5.50. The predicted octanol–water partition coefficient (Wildman–Crippen LogP) is 1.15. The van der Waals surface area contributed by atoms with E-state index in [2.05, 4.69) is 10.4 Å². The quantitative estimate of drug-likeness (QED) is 0.812. The number of ether oxygens (including phenoxy) is 1. The number of carbonyl (C=O) groups excluding carboxylic acids is 1. The molecule has 0 aliphatic carbocycles. The topological polar surface area (TPSA) is 76.4 Å². The van der Waals surface area contributed by atoms with Crippen molar-refractivity contribution in [3.8, 4) is 0 Å². The van der Waals surface area contributed by atoms with Crippen LogP contribution in [0.3, 0.4) is 0 Å². The van der Waals surface area contributed by atoms with Gasteiger partial charge in [0, 0.05) is 18.1 Å². The first kappa shape index (κ1) is 15.7. The van der Waals surface area contributed by atoms with Gasteiger partial charge in [0.2, 0.25) is 0 Å². The summed E-state index contributed by atoms with van der Waals surface area (Å²) in [6.45, 7) is 8.81. The minimum Gasteiger partial charge on any atom is -0.394 e. The molecule has 0 spiro atoms. The van der Waals surface area contributed by atoms with Gasteiger partial charge in [0.25, 0.3) is 5.91 Å². The molecule has 1 heterocycles. The first-order valence-electron chi connectivity index (χ1n) is 6.45. The summed E-state index contributed by atoms with van der Waals surface area (Å²) in [6, 6.07) is 1.83. The van der Waals surface area contributed by atoms with E-state index in [1.54, 1.807) is 4.68 Å². The van der Waals surface area contributed by atoms with Crippen LogP contribution in [0.5, 0.6) is 0 Å². The molecule has 108 valence electrons. The molecule has 0 aromatic carbocycles. The van der Waals surface area contributed by atoms with Crippen molar-refractivity contribution in [3.05, 3.63) is 11.8 Å². The second-order valence-electron chi connectivity index (χ2n) is 5.30. The fourth-order valence-corrected chi connectivity index (χ4v) is 1.52. The van der Waals surface area contributed by atoms with E-state index >= 15 is 0 Å². The van der Waals surface area contributed by atoms with Crippen molar-refractivity contribution in [2.75, 3.05) is 25.1 Å². The standard InChI is InChI=1S/C13H23N3O3/c1-5-19-9-12(18)14-11-8-10(13(2,3)4)15-16(11)6-7-17/h8,17H,5-7,9H2,1-4H3,(H,14,18). The SMILES string of the molecule is CCOCC(=O)Nc1cc(C(C)(C)C)nn1CCO. The molecular formula is C13H23N3O3. The third kappa shape index (κ3) is 4.65. The number of carbonyl (C=O) groups is 1. The van der Waals surface area contributed by atoms with Crippen molar-refractivity contribution in [1.29, 1.82) is 0 Å². The lowest BCUT2D eigenvalue weighted by atomic mass is 9.92. The van der Waals surface area contributed by atoms with Crippen LogP contribution in [-0.4, -0.2) is 40.6 Å². The van der Waals surface area contributed by atoms with Gasteiger partial charge < -0.3 is 15.2 Å². The van der Waals surface area contributed by atoms with E-state index in [1.165, 1.54) is 0 Å². The van der Waals surface area contributed by atoms with E-state index in [9.17, 15) is 4.79 Å². The van der Waals surface area contributed by atoms with E-state index in [0.29, 0.717) is 19.0 Å². The van der Waals surface area contributed by atoms with Crippen LogP contribution < -0.4 is 5.32 Å². The van der Waals surface area contributed by atoms with Crippen LogP contribution in [0.4, 0.5) is 5.82 Å². The van der Waals surface area contributed by atoms with E-state index in [-0.39, 0.29) is 24.5 Å². The van der Waals surface area contributed by atoms with Gasteiger partial charge in [-0.3, -0.25) is 4.79 Å². The van der Waals surface area contributed by atoms with Crippen LogP contribution in [0.1, 0.15) is 33.4 Å². The van der Waals surface area contributed by atoms with Crippen LogP contribution in [0.25, 0.3) is 0 Å². The highest BCUT2D eigenvalue weighted by atomic mass is 16.5. The molecule has 1 rings (SSSR count). The van der Waals surface area contributed by atoms with Gasteiger partial charge in [-0.2, -0.15) is 5.10 Å². The van der Waals surface area contributed by atoms with Crippen LogP contribution in [0.2, 0.25) is 0 Å². The van der Waals surface area contributed by atoms with Gasteiger partial charge in [-0.05, 0) is 6.92 Å². The van der Waals surface area contributed by atoms with Gasteiger partial charge in [0.1, 0.15) is 12.4 Å². The Bertz CT molecular complexity index is 421. The molecule has 0 aliphatic heterocycles. The highest BCUT2D eigenvalue weighted by molar-refractivity contribution is 5.90. The predicted molar refractivity (Wildman–Crippen MR) is 73.1 cm³/mol. The molecule has 0 saturated heterocycles. The van der Waals surface area contributed by atoms with E-state index < -0.39 is 0 Å². The molecule has 1 amide bonds. The summed E-state index contributed by atoms with van der Waals surface area (Å²) in [6.07, 6.45) is 0. The molecule has 19 heavy (non-hydrogen) atoms. The smallest absolute Gasteiger partial charge is 0.251 e. The Morgan fingerprint density at radius 1 is 1.53 bits per heavy atom. The molecular weight excluding hydrogens is 246 g/mol. The molecule has 1 aromatic heterocycles. The minimum atomic E-state index is -0.221. The first-order chi connectivity index (χ1) is 8.88. The molecule has 0 unspecified atom stereocenters. The number of hydrogen-bond donors (Lipinski definition) is 2. The molecule has 0 saturated carbocycles. The third-order valence-electron chi connectivity index (χ3n) is 2.56. The Morgan fingerprint density at radius 2 is 2.21 bits per heavy atom. The molecule has 0 bridgehead atoms. The molecule has 0 fully saturated rings. The highest BCUT2D eigenvalue weighted by Gasteiger charge is 2.20. The Balaban J connectivity index is 2.85. The van der Waals surface area contributed by atoms with Gasteiger partial charge in [-0.1, -0.05) is 20.8 Å². The van der Waals surface area contributed by atoms with Gasteiger partial charge in [0.15, 0.2) is 0 Å². The largest absolute Gasteiger partial charge is 0.394 e. The normalized spacial score (nSPS) is 11.6. The third-order valence-corrected chi connectivity index (χ3v) is 2.56. The van der Waals surface area contributed by atoms with Crippen LogP contribution in [0.15, 0.2) is 6.07 Å². The highest BCUT2D eigenvalue weighted by Crippen LogP contribution is 2.23. The second kappa shape index (κ2) is 6.68. The van der Waals surface area contributed by atoms with Crippen LogP contribution in [-0.2, 0) is 21.5 Å². The van der Waals surface area contributed by atoms with E-state index in [4.69, 9.17) is 9.84 Å². The van der Waals surface area contributed by atoms with E-state index in [0.717, 1.165) is 5.69 Å². The zero-order valence-corrected chi connectivity index (χ0v) is 12.1. The average molecular weight is 269 g/mol. The van der Waals surface area contributed by atoms with Gasteiger partial charge in [0.05, 0.1) is 18.8 Å². The molecule has 0 atom stereocenters. The van der Waals surface area contributed by atoms with Crippen molar-refractivity contribution in [3.63, 3.8) is 0 Å². The first-order valence-corrected chi connectivity index (χ1v) is 6.45. The summed E-state index contributed by atoms with van der Waals surface area (Å²) in [4.78, 5) is 11.6. The number of hydrogen-bond acceptors (Lipinski definition) is 4. The average Bonchev–Trinajstić information content (AvgIpc) is 2.70. The number of anilines is 1. The lowest BCUT2D eigenvalue weighted by Crippen LogP contribution is -2.21. The Morgan fingerprint density at radius 3 is 2.74 bits per heavy atom. The number of aliphatic hydroxyl groups is 1. The lowest BCUT2D eigenvalue weighted by Gasteiger charge is -2.13. The fourth-order valence-electron chi connectivity index (χ4n) is 1.52. The number of nitrogens with one attached hydrogen (secondary N) is 1. The molecule has 2 N–H and O–H groups in total. The second-order valence-corrected chi connectivity index (χ2v) is 5.30. The number of rotatable bonds is 6. The number of aromatic nitrogens is 2. The zero-order chi connectivity index (χ0) is 14.5.